The second-order valence-electron chi connectivity index (χ2n) is 4.44. The van der Waals surface area contributed by atoms with Crippen LogP contribution in [0.2, 0.25) is 0 Å². The van der Waals surface area contributed by atoms with E-state index in [0.717, 1.165) is 25.1 Å². The van der Waals surface area contributed by atoms with Gasteiger partial charge in [-0.1, -0.05) is 20.3 Å². The van der Waals surface area contributed by atoms with Gasteiger partial charge in [-0.3, -0.25) is 9.69 Å². The number of aryl methyl sites for hydroxylation is 1. The first-order valence-electron chi connectivity index (χ1n) is 6.53. The number of aromatic nitrogens is 1. The van der Waals surface area contributed by atoms with Crippen molar-refractivity contribution in [3.63, 3.8) is 0 Å². The molecule has 0 aromatic carbocycles. The van der Waals surface area contributed by atoms with Gasteiger partial charge in [-0.05, 0) is 25.8 Å². The molecule has 0 fully saturated rings. The Bertz CT molecular complexity index is 366. The van der Waals surface area contributed by atoms with Crippen molar-refractivity contribution in [3.8, 4) is 0 Å². The van der Waals surface area contributed by atoms with Crippen molar-refractivity contribution < 1.29 is 9.90 Å². The van der Waals surface area contributed by atoms with Crippen LogP contribution in [0.5, 0.6) is 0 Å². The normalized spacial score (nSPS) is 11.1. The van der Waals surface area contributed by atoms with Gasteiger partial charge in [0.15, 0.2) is 0 Å². The van der Waals surface area contributed by atoms with Gasteiger partial charge in [-0.25, -0.2) is 4.98 Å². The molecule has 1 heterocycles. The van der Waals surface area contributed by atoms with E-state index in [1.165, 1.54) is 17.8 Å². The topological polar surface area (TPSA) is 53.4 Å². The summed E-state index contributed by atoms with van der Waals surface area (Å²) in [5.74, 6) is -0.773. The molecular weight excluding hydrogens is 248 g/mol. The van der Waals surface area contributed by atoms with E-state index >= 15 is 0 Å². The summed E-state index contributed by atoms with van der Waals surface area (Å²) >= 11 is 1.68. The molecule has 4 nitrogen and oxygen atoms in total. The lowest BCUT2D eigenvalue weighted by Gasteiger charge is -2.17. The quantitative estimate of drug-likeness (QED) is 0.749. The van der Waals surface area contributed by atoms with Crippen molar-refractivity contribution in [1.82, 2.24) is 9.88 Å². The molecule has 1 aromatic rings. The molecule has 18 heavy (non-hydrogen) atoms. The van der Waals surface area contributed by atoms with Crippen LogP contribution in [0.3, 0.4) is 0 Å². The van der Waals surface area contributed by atoms with Crippen LogP contribution in [0.25, 0.3) is 0 Å². The zero-order valence-electron chi connectivity index (χ0n) is 11.2. The highest BCUT2D eigenvalue weighted by Crippen LogP contribution is 2.14. The highest BCUT2D eigenvalue weighted by atomic mass is 32.1. The van der Waals surface area contributed by atoms with E-state index in [2.05, 4.69) is 24.2 Å². The van der Waals surface area contributed by atoms with Gasteiger partial charge in [0.05, 0.1) is 17.2 Å². The minimum Gasteiger partial charge on any atom is -0.480 e. The number of thiazole rings is 1. The molecular formula is C13H22N2O2S. The van der Waals surface area contributed by atoms with Gasteiger partial charge in [-0.15, -0.1) is 11.3 Å². The largest absolute Gasteiger partial charge is 0.480 e. The zero-order valence-corrected chi connectivity index (χ0v) is 12.0. The molecule has 0 amide bonds. The molecule has 0 spiro atoms. The fraction of sp³-hybridized carbons (Fsp3) is 0.692. The highest BCUT2D eigenvalue weighted by Gasteiger charge is 2.11. The summed E-state index contributed by atoms with van der Waals surface area (Å²) in [6.45, 7) is 5.76. The number of hydrogen-bond acceptors (Lipinski definition) is 4. The summed E-state index contributed by atoms with van der Waals surface area (Å²) in [6, 6.07) is 0. The molecule has 5 heteroatoms. The number of unbranched alkanes of at least 4 members (excludes halogenated alkanes) is 1. The van der Waals surface area contributed by atoms with Crippen molar-refractivity contribution in [3.05, 3.63) is 16.1 Å². The second kappa shape index (κ2) is 8.21. The summed E-state index contributed by atoms with van der Waals surface area (Å²) in [6.07, 6.45) is 4.34. The molecule has 0 aliphatic heterocycles. The lowest BCUT2D eigenvalue weighted by molar-refractivity contribution is -0.138. The maximum Gasteiger partial charge on any atom is 0.317 e. The van der Waals surface area contributed by atoms with Gasteiger partial charge in [0.2, 0.25) is 0 Å². The molecule has 0 saturated heterocycles. The van der Waals surface area contributed by atoms with Crippen LogP contribution in [-0.2, 0) is 17.8 Å². The predicted octanol–water partition coefficient (Wildman–Crippen LogP) is 2.78. The van der Waals surface area contributed by atoms with Crippen LogP contribution in [0, 0.1) is 0 Å². The van der Waals surface area contributed by atoms with Crippen LogP contribution in [0.1, 0.15) is 43.8 Å². The van der Waals surface area contributed by atoms with Crippen LogP contribution in [0.4, 0.5) is 0 Å². The molecule has 0 bridgehead atoms. The first kappa shape index (κ1) is 15.1. The van der Waals surface area contributed by atoms with E-state index in [4.69, 9.17) is 5.11 Å². The Hall–Kier alpha value is -0.940. The first-order chi connectivity index (χ1) is 8.65. The zero-order chi connectivity index (χ0) is 13.4. The number of nitrogens with zero attached hydrogens (tertiary/aromatic N) is 2. The number of rotatable bonds is 9. The third-order valence-electron chi connectivity index (χ3n) is 2.63. The number of carboxylic acid groups (broad SMARTS) is 1. The lowest BCUT2D eigenvalue weighted by Crippen LogP contribution is -2.30. The number of hydrogen-bond donors (Lipinski definition) is 1. The maximum atomic E-state index is 10.8. The van der Waals surface area contributed by atoms with E-state index in [9.17, 15) is 4.79 Å². The maximum absolute atomic E-state index is 10.8. The van der Waals surface area contributed by atoms with Crippen LogP contribution >= 0.6 is 11.3 Å². The molecule has 0 aliphatic carbocycles. The fourth-order valence-corrected chi connectivity index (χ4v) is 2.65. The smallest absolute Gasteiger partial charge is 0.317 e. The summed E-state index contributed by atoms with van der Waals surface area (Å²) < 4.78 is 0. The van der Waals surface area contributed by atoms with Crippen molar-refractivity contribution in [2.45, 2.75) is 46.1 Å². The van der Waals surface area contributed by atoms with E-state index < -0.39 is 5.97 Å². The summed E-state index contributed by atoms with van der Waals surface area (Å²) in [4.78, 5) is 17.3. The molecule has 0 unspecified atom stereocenters. The highest BCUT2D eigenvalue weighted by molar-refractivity contribution is 7.09. The van der Waals surface area contributed by atoms with E-state index in [0.29, 0.717) is 6.54 Å². The van der Waals surface area contributed by atoms with Gasteiger partial charge >= 0.3 is 5.97 Å². The minimum absolute atomic E-state index is 0.0929. The Balaban J connectivity index is 2.51. The minimum atomic E-state index is -0.773. The van der Waals surface area contributed by atoms with E-state index in [1.807, 2.05) is 4.90 Å². The van der Waals surface area contributed by atoms with Gasteiger partial charge in [0.25, 0.3) is 0 Å². The van der Waals surface area contributed by atoms with Crippen molar-refractivity contribution >= 4 is 17.3 Å². The van der Waals surface area contributed by atoms with Crippen LogP contribution in [-0.4, -0.2) is 34.0 Å². The van der Waals surface area contributed by atoms with Gasteiger partial charge in [-0.2, -0.15) is 0 Å². The lowest BCUT2D eigenvalue weighted by atomic mass is 10.3. The third-order valence-corrected chi connectivity index (χ3v) is 3.59. The molecule has 0 atom stereocenters. The number of carboxylic acids is 1. The number of aliphatic carboxylic acids is 1. The van der Waals surface area contributed by atoms with E-state index in [-0.39, 0.29) is 6.54 Å². The molecule has 0 saturated carbocycles. The predicted molar refractivity (Wildman–Crippen MR) is 73.9 cm³/mol. The average molecular weight is 270 g/mol. The summed E-state index contributed by atoms with van der Waals surface area (Å²) in [5, 5.41) is 12.1. The molecule has 1 aromatic heterocycles. The van der Waals surface area contributed by atoms with Crippen molar-refractivity contribution in [2.75, 3.05) is 13.1 Å². The Labute approximate surface area is 113 Å². The number of carbonyl (C=O) groups is 1. The first-order valence-corrected chi connectivity index (χ1v) is 7.41. The average Bonchev–Trinajstić information content (AvgIpc) is 2.73. The van der Waals surface area contributed by atoms with Crippen molar-refractivity contribution in [2.24, 2.45) is 0 Å². The fourth-order valence-electron chi connectivity index (χ4n) is 1.81. The standard InChI is InChI=1S/C13H22N2O2S/c1-3-5-6-12-14-11(10-18-12)8-15(7-4-2)9-13(16)17/h10H,3-9H2,1-2H3,(H,16,17). The molecule has 1 rings (SSSR count). The summed E-state index contributed by atoms with van der Waals surface area (Å²) in [7, 11) is 0. The second-order valence-corrected chi connectivity index (χ2v) is 5.38. The molecule has 0 aliphatic rings. The molecule has 1 N–H and O–H groups in total. The summed E-state index contributed by atoms with van der Waals surface area (Å²) in [5.41, 5.74) is 1.00. The van der Waals surface area contributed by atoms with Crippen LogP contribution in [0.15, 0.2) is 5.38 Å². The Morgan fingerprint density at radius 3 is 2.83 bits per heavy atom. The Kier molecular flexibility index (Phi) is 6.90. The van der Waals surface area contributed by atoms with Gasteiger partial charge < -0.3 is 5.11 Å². The van der Waals surface area contributed by atoms with E-state index in [1.54, 1.807) is 11.3 Å². The molecule has 0 radical (unpaired) electrons. The van der Waals surface area contributed by atoms with Gasteiger partial charge in [0.1, 0.15) is 0 Å². The van der Waals surface area contributed by atoms with Crippen molar-refractivity contribution in [1.29, 1.82) is 0 Å². The van der Waals surface area contributed by atoms with Crippen LogP contribution < -0.4 is 0 Å². The SMILES string of the molecule is CCCCc1nc(CN(CCC)CC(=O)O)cs1. The third kappa shape index (κ3) is 5.60. The monoisotopic (exact) mass is 270 g/mol. The molecule has 102 valence electrons. The Morgan fingerprint density at radius 1 is 1.44 bits per heavy atom. The Morgan fingerprint density at radius 2 is 2.22 bits per heavy atom. The van der Waals surface area contributed by atoms with Gasteiger partial charge in [0, 0.05) is 11.9 Å².